The lowest BCUT2D eigenvalue weighted by Gasteiger charge is -2.35. The normalized spacial score (nSPS) is 14.1. The lowest BCUT2D eigenvalue weighted by atomic mass is 10.1. The molecule has 4 rings (SSSR count). The zero-order valence-corrected chi connectivity index (χ0v) is 16.7. The molecular formula is C24H24N2O3. The molecule has 0 bridgehead atoms. The molecule has 0 aliphatic carbocycles. The van der Waals surface area contributed by atoms with Crippen LogP contribution >= 0.6 is 0 Å². The lowest BCUT2D eigenvalue weighted by molar-refractivity contribution is 0.0535. The van der Waals surface area contributed by atoms with Gasteiger partial charge in [0.2, 0.25) is 0 Å². The summed E-state index contributed by atoms with van der Waals surface area (Å²) in [7, 11) is 1.60. The monoisotopic (exact) mass is 388 g/mol. The molecule has 1 saturated heterocycles. The van der Waals surface area contributed by atoms with E-state index in [-0.39, 0.29) is 11.8 Å². The van der Waals surface area contributed by atoms with Crippen LogP contribution in [0.2, 0.25) is 0 Å². The Bertz CT molecular complexity index is 1070. The molecule has 3 aromatic carbocycles. The summed E-state index contributed by atoms with van der Waals surface area (Å²) in [5, 5.41) is 2.17. The Morgan fingerprint density at radius 1 is 0.759 bits per heavy atom. The summed E-state index contributed by atoms with van der Waals surface area (Å²) in [4.78, 5) is 29.4. The van der Waals surface area contributed by atoms with Crippen molar-refractivity contribution in [1.82, 2.24) is 9.80 Å². The van der Waals surface area contributed by atoms with Crippen molar-refractivity contribution < 1.29 is 14.3 Å². The molecule has 5 heteroatoms. The smallest absolute Gasteiger partial charge is 0.254 e. The summed E-state index contributed by atoms with van der Waals surface area (Å²) in [6.07, 6.45) is 0. The minimum Gasteiger partial charge on any atom is -0.496 e. The number of piperazine rings is 1. The molecule has 1 aliphatic heterocycles. The van der Waals surface area contributed by atoms with Gasteiger partial charge in [-0.3, -0.25) is 9.59 Å². The number of fused-ring (bicyclic) bond motifs is 1. The topological polar surface area (TPSA) is 49.9 Å². The highest BCUT2D eigenvalue weighted by Crippen LogP contribution is 2.21. The van der Waals surface area contributed by atoms with Crippen molar-refractivity contribution in [2.45, 2.75) is 6.92 Å². The van der Waals surface area contributed by atoms with Crippen LogP contribution in [0.3, 0.4) is 0 Å². The van der Waals surface area contributed by atoms with Crippen LogP contribution < -0.4 is 4.74 Å². The molecule has 0 atom stereocenters. The second-order valence-corrected chi connectivity index (χ2v) is 7.33. The van der Waals surface area contributed by atoms with Crippen molar-refractivity contribution in [2.75, 3.05) is 33.3 Å². The lowest BCUT2D eigenvalue weighted by Crippen LogP contribution is -2.50. The number of hydrogen-bond acceptors (Lipinski definition) is 3. The number of benzene rings is 3. The highest BCUT2D eigenvalue weighted by molar-refractivity contribution is 5.99. The van der Waals surface area contributed by atoms with Gasteiger partial charge in [0.1, 0.15) is 5.75 Å². The number of carbonyl (C=O) groups excluding carboxylic acids is 2. The van der Waals surface area contributed by atoms with Crippen LogP contribution in [0.1, 0.15) is 26.3 Å². The van der Waals surface area contributed by atoms with Crippen molar-refractivity contribution in [3.05, 3.63) is 77.4 Å². The van der Waals surface area contributed by atoms with Gasteiger partial charge in [-0.05, 0) is 47.5 Å². The first kappa shape index (κ1) is 19.0. The van der Waals surface area contributed by atoms with Gasteiger partial charge >= 0.3 is 0 Å². The summed E-state index contributed by atoms with van der Waals surface area (Å²) in [6.45, 7) is 4.05. The Kier molecular flexibility index (Phi) is 5.21. The number of nitrogens with zero attached hydrogens (tertiary/aromatic N) is 2. The van der Waals surface area contributed by atoms with Gasteiger partial charge < -0.3 is 14.5 Å². The van der Waals surface area contributed by atoms with Crippen LogP contribution in [0, 0.1) is 6.92 Å². The molecule has 1 heterocycles. The van der Waals surface area contributed by atoms with Gasteiger partial charge in [0, 0.05) is 37.3 Å². The third-order valence-corrected chi connectivity index (χ3v) is 5.51. The number of aryl methyl sites for hydroxylation is 1. The van der Waals surface area contributed by atoms with Gasteiger partial charge in [-0.15, -0.1) is 0 Å². The van der Waals surface area contributed by atoms with Gasteiger partial charge in [0.25, 0.3) is 11.8 Å². The van der Waals surface area contributed by atoms with Crippen molar-refractivity contribution in [3.63, 3.8) is 0 Å². The zero-order valence-electron chi connectivity index (χ0n) is 16.7. The quantitative estimate of drug-likeness (QED) is 0.687. The number of amides is 2. The maximum absolute atomic E-state index is 12.9. The van der Waals surface area contributed by atoms with E-state index in [2.05, 4.69) is 0 Å². The Morgan fingerprint density at radius 3 is 1.93 bits per heavy atom. The average Bonchev–Trinajstić information content (AvgIpc) is 2.78. The van der Waals surface area contributed by atoms with E-state index in [1.54, 1.807) is 18.1 Å². The predicted octanol–water partition coefficient (Wildman–Crippen LogP) is 3.76. The molecule has 0 N–H and O–H groups in total. The van der Waals surface area contributed by atoms with Crippen LogP contribution in [0.5, 0.6) is 5.75 Å². The molecule has 0 spiro atoms. The summed E-state index contributed by atoms with van der Waals surface area (Å²) in [5.74, 6) is 0.696. The van der Waals surface area contributed by atoms with Crippen LogP contribution in [0.25, 0.3) is 10.8 Å². The maximum atomic E-state index is 12.9. The molecule has 0 aromatic heterocycles. The van der Waals surface area contributed by atoms with Crippen LogP contribution in [-0.2, 0) is 0 Å². The van der Waals surface area contributed by atoms with E-state index in [0.717, 1.165) is 16.3 Å². The second kappa shape index (κ2) is 7.95. The fourth-order valence-electron chi connectivity index (χ4n) is 3.75. The minimum atomic E-state index is -0.0268. The summed E-state index contributed by atoms with van der Waals surface area (Å²) in [6, 6.07) is 19.3. The van der Waals surface area contributed by atoms with Gasteiger partial charge in [0.15, 0.2) is 0 Å². The van der Waals surface area contributed by atoms with E-state index >= 15 is 0 Å². The Labute approximate surface area is 170 Å². The van der Waals surface area contributed by atoms with E-state index in [1.165, 1.54) is 0 Å². The number of carbonyl (C=O) groups is 2. The summed E-state index contributed by atoms with van der Waals surface area (Å²) in [5.41, 5.74) is 2.29. The molecule has 0 radical (unpaired) electrons. The van der Waals surface area contributed by atoms with E-state index in [9.17, 15) is 9.59 Å². The summed E-state index contributed by atoms with van der Waals surface area (Å²) >= 11 is 0. The number of rotatable bonds is 3. The Morgan fingerprint density at radius 2 is 1.31 bits per heavy atom. The van der Waals surface area contributed by atoms with Gasteiger partial charge in [-0.25, -0.2) is 0 Å². The average molecular weight is 388 g/mol. The molecule has 29 heavy (non-hydrogen) atoms. The van der Waals surface area contributed by atoms with Gasteiger partial charge in [-0.1, -0.05) is 36.4 Å². The molecule has 1 fully saturated rings. The van der Waals surface area contributed by atoms with Crippen molar-refractivity contribution in [2.24, 2.45) is 0 Å². The van der Waals surface area contributed by atoms with Gasteiger partial charge in [0.05, 0.1) is 7.11 Å². The number of ether oxygens (including phenoxy) is 1. The fraction of sp³-hybridized carbons (Fsp3) is 0.250. The zero-order chi connectivity index (χ0) is 20.4. The molecule has 1 aliphatic rings. The van der Waals surface area contributed by atoms with E-state index < -0.39 is 0 Å². The molecule has 5 nitrogen and oxygen atoms in total. The third-order valence-electron chi connectivity index (χ3n) is 5.51. The van der Waals surface area contributed by atoms with Crippen LogP contribution in [0.4, 0.5) is 0 Å². The van der Waals surface area contributed by atoms with Crippen molar-refractivity contribution >= 4 is 22.6 Å². The molecule has 0 saturated carbocycles. The molecule has 148 valence electrons. The van der Waals surface area contributed by atoms with Crippen molar-refractivity contribution in [1.29, 1.82) is 0 Å². The molecule has 0 unspecified atom stereocenters. The SMILES string of the molecule is COc1cc(C(=O)N2CCN(C(=O)c3ccc4ccccc4c3)CC2)ccc1C. The van der Waals surface area contributed by atoms with E-state index in [1.807, 2.05) is 66.4 Å². The molecule has 3 aromatic rings. The van der Waals surface area contributed by atoms with E-state index in [0.29, 0.717) is 43.1 Å². The third kappa shape index (κ3) is 3.81. The van der Waals surface area contributed by atoms with Gasteiger partial charge in [-0.2, -0.15) is 0 Å². The Balaban J connectivity index is 1.43. The minimum absolute atomic E-state index is 0.0138. The maximum Gasteiger partial charge on any atom is 0.254 e. The second-order valence-electron chi connectivity index (χ2n) is 7.33. The first-order valence-corrected chi connectivity index (χ1v) is 9.79. The van der Waals surface area contributed by atoms with Crippen LogP contribution in [0.15, 0.2) is 60.7 Å². The molecule has 2 amide bonds. The van der Waals surface area contributed by atoms with Crippen LogP contribution in [-0.4, -0.2) is 54.9 Å². The fourth-order valence-corrected chi connectivity index (χ4v) is 3.75. The largest absolute Gasteiger partial charge is 0.496 e. The first-order chi connectivity index (χ1) is 14.1. The molecular weight excluding hydrogens is 364 g/mol. The number of methoxy groups -OCH3 is 1. The highest BCUT2D eigenvalue weighted by Gasteiger charge is 2.26. The van der Waals surface area contributed by atoms with Crippen molar-refractivity contribution in [3.8, 4) is 5.75 Å². The highest BCUT2D eigenvalue weighted by atomic mass is 16.5. The van der Waals surface area contributed by atoms with E-state index in [4.69, 9.17) is 4.74 Å². The standard InChI is InChI=1S/C24H24N2O3/c1-17-7-8-21(16-22(17)29-2)24(28)26-13-11-25(12-14-26)23(27)20-10-9-18-5-3-4-6-19(18)15-20/h3-10,15-16H,11-14H2,1-2H3. The first-order valence-electron chi connectivity index (χ1n) is 9.79. The predicted molar refractivity (Wildman–Crippen MR) is 113 cm³/mol. The Hall–Kier alpha value is -3.34. The summed E-state index contributed by atoms with van der Waals surface area (Å²) < 4.78 is 5.33. The number of hydrogen-bond donors (Lipinski definition) is 0.